The molecule has 7 nitrogen and oxygen atoms in total. The van der Waals surface area contributed by atoms with Crippen LogP contribution >= 0.6 is 0 Å². The number of hydrogen-bond donors (Lipinski definition) is 3. The molecule has 0 saturated carbocycles. The molecule has 0 aliphatic heterocycles. The summed E-state index contributed by atoms with van der Waals surface area (Å²) in [6, 6.07) is 6.12. The molecular formula is C14H19N3O4. The summed E-state index contributed by atoms with van der Waals surface area (Å²) < 4.78 is 0. The Kier molecular flexibility index (Phi) is 5.04. The summed E-state index contributed by atoms with van der Waals surface area (Å²) in [4.78, 5) is 35.3. The second kappa shape index (κ2) is 6.36. The van der Waals surface area contributed by atoms with Crippen LogP contribution in [-0.4, -0.2) is 46.9 Å². The highest BCUT2D eigenvalue weighted by Gasteiger charge is 2.32. The molecule has 0 aliphatic rings. The van der Waals surface area contributed by atoms with Crippen molar-refractivity contribution in [3.8, 4) is 0 Å². The molecule has 0 heterocycles. The van der Waals surface area contributed by atoms with Gasteiger partial charge in [0, 0.05) is 11.3 Å². The molecule has 1 aromatic carbocycles. The zero-order chi connectivity index (χ0) is 16.2. The van der Waals surface area contributed by atoms with Gasteiger partial charge in [0.25, 0.3) is 0 Å². The van der Waals surface area contributed by atoms with E-state index in [9.17, 15) is 14.4 Å². The largest absolute Gasteiger partial charge is 0.480 e. The van der Waals surface area contributed by atoms with Crippen molar-refractivity contribution in [3.05, 3.63) is 29.8 Å². The highest BCUT2D eigenvalue weighted by Crippen LogP contribution is 2.13. The predicted molar refractivity (Wildman–Crippen MR) is 77.9 cm³/mol. The van der Waals surface area contributed by atoms with E-state index in [0.717, 1.165) is 0 Å². The summed E-state index contributed by atoms with van der Waals surface area (Å²) >= 11 is 0. The maximum atomic E-state index is 11.9. The average Bonchev–Trinajstić information content (AvgIpc) is 2.38. The van der Waals surface area contributed by atoms with Crippen LogP contribution in [0.5, 0.6) is 0 Å². The van der Waals surface area contributed by atoms with E-state index < -0.39 is 17.4 Å². The first-order valence-electron chi connectivity index (χ1n) is 6.29. The SMILES string of the molecule is CN(CC(=O)Nc1ccc(C(N)=O)cc1)C(C)(C)C(=O)O. The molecule has 1 rings (SSSR count). The Morgan fingerprint density at radius 1 is 1.24 bits per heavy atom. The molecule has 4 N–H and O–H groups in total. The first-order valence-corrected chi connectivity index (χ1v) is 6.29. The maximum Gasteiger partial charge on any atom is 0.323 e. The van der Waals surface area contributed by atoms with E-state index >= 15 is 0 Å². The number of nitrogens with one attached hydrogen (secondary N) is 1. The van der Waals surface area contributed by atoms with Crippen LogP contribution in [0.1, 0.15) is 24.2 Å². The van der Waals surface area contributed by atoms with Crippen molar-refractivity contribution in [3.63, 3.8) is 0 Å². The first kappa shape index (κ1) is 16.6. The van der Waals surface area contributed by atoms with Crippen molar-refractivity contribution in [1.82, 2.24) is 4.90 Å². The summed E-state index contributed by atoms with van der Waals surface area (Å²) in [5.74, 6) is -1.90. The van der Waals surface area contributed by atoms with Gasteiger partial charge in [0.15, 0.2) is 0 Å². The lowest BCUT2D eigenvalue weighted by molar-refractivity contribution is -0.148. The molecule has 0 spiro atoms. The van der Waals surface area contributed by atoms with Gasteiger partial charge >= 0.3 is 5.97 Å². The van der Waals surface area contributed by atoms with E-state index in [1.165, 1.54) is 30.9 Å². The van der Waals surface area contributed by atoms with Gasteiger partial charge in [-0.25, -0.2) is 0 Å². The van der Waals surface area contributed by atoms with E-state index in [4.69, 9.17) is 10.8 Å². The molecule has 0 fully saturated rings. The molecule has 114 valence electrons. The Morgan fingerprint density at radius 2 is 1.76 bits per heavy atom. The molecule has 0 unspecified atom stereocenters. The molecule has 0 aromatic heterocycles. The number of carbonyl (C=O) groups excluding carboxylic acids is 2. The number of nitrogens with zero attached hydrogens (tertiary/aromatic N) is 1. The molecule has 21 heavy (non-hydrogen) atoms. The van der Waals surface area contributed by atoms with Crippen molar-refractivity contribution in [2.24, 2.45) is 5.73 Å². The Balaban J connectivity index is 2.65. The minimum absolute atomic E-state index is 0.0725. The fourth-order valence-corrected chi connectivity index (χ4v) is 1.49. The third-order valence-electron chi connectivity index (χ3n) is 3.31. The zero-order valence-electron chi connectivity index (χ0n) is 12.2. The van der Waals surface area contributed by atoms with Crippen LogP contribution in [0.15, 0.2) is 24.3 Å². The smallest absolute Gasteiger partial charge is 0.323 e. The van der Waals surface area contributed by atoms with Gasteiger partial charge in [0.1, 0.15) is 5.54 Å². The van der Waals surface area contributed by atoms with Crippen molar-refractivity contribution < 1.29 is 19.5 Å². The minimum Gasteiger partial charge on any atom is -0.480 e. The number of benzene rings is 1. The standard InChI is InChI=1S/C14H19N3O4/c1-14(2,13(20)21)17(3)8-11(18)16-10-6-4-9(5-7-10)12(15)19/h4-7H,8H2,1-3H3,(H2,15,19)(H,16,18)(H,20,21). The van der Waals surface area contributed by atoms with Crippen molar-refractivity contribution in [1.29, 1.82) is 0 Å². The number of carbonyl (C=O) groups is 3. The van der Waals surface area contributed by atoms with Crippen LogP contribution < -0.4 is 11.1 Å². The Morgan fingerprint density at radius 3 is 2.19 bits per heavy atom. The van der Waals surface area contributed by atoms with Gasteiger partial charge in [0.05, 0.1) is 6.54 Å². The number of primary amides is 1. The van der Waals surface area contributed by atoms with Gasteiger partial charge in [-0.05, 0) is 45.2 Å². The molecule has 0 saturated heterocycles. The number of carboxylic acid groups (broad SMARTS) is 1. The third kappa shape index (κ3) is 4.28. The normalized spacial score (nSPS) is 11.2. The molecule has 0 atom stereocenters. The monoisotopic (exact) mass is 293 g/mol. The Labute approximate surface area is 122 Å². The van der Waals surface area contributed by atoms with E-state index in [0.29, 0.717) is 11.3 Å². The van der Waals surface area contributed by atoms with E-state index in [1.807, 2.05) is 0 Å². The lowest BCUT2D eigenvalue weighted by atomic mass is 10.0. The van der Waals surface area contributed by atoms with Gasteiger partial charge in [-0.15, -0.1) is 0 Å². The van der Waals surface area contributed by atoms with Gasteiger partial charge in [-0.1, -0.05) is 0 Å². The van der Waals surface area contributed by atoms with Crippen molar-refractivity contribution in [2.75, 3.05) is 18.9 Å². The summed E-state index contributed by atoms with van der Waals surface area (Å²) in [5, 5.41) is 11.7. The molecule has 0 radical (unpaired) electrons. The maximum absolute atomic E-state index is 11.9. The molecule has 0 bridgehead atoms. The van der Waals surface area contributed by atoms with E-state index in [1.54, 1.807) is 19.2 Å². The lowest BCUT2D eigenvalue weighted by Gasteiger charge is -2.30. The van der Waals surface area contributed by atoms with Gasteiger partial charge < -0.3 is 16.2 Å². The van der Waals surface area contributed by atoms with Crippen LogP contribution in [0.2, 0.25) is 0 Å². The van der Waals surface area contributed by atoms with Crippen LogP contribution in [0, 0.1) is 0 Å². The topological polar surface area (TPSA) is 113 Å². The van der Waals surface area contributed by atoms with Crippen molar-refractivity contribution >= 4 is 23.5 Å². The fraction of sp³-hybridized carbons (Fsp3) is 0.357. The number of carboxylic acids is 1. The van der Waals surface area contributed by atoms with Gasteiger partial charge in [-0.3, -0.25) is 19.3 Å². The minimum atomic E-state index is -1.15. The number of rotatable bonds is 6. The van der Waals surface area contributed by atoms with E-state index in [2.05, 4.69) is 5.32 Å². The van der Waals surface area contributed by atoms with Crippen LogP contribution in [0.3, 0.4) is 0 Å². The number of hydrogen-bond acceptors (Lipinski definition) is 4. The first-order chi connectivity index (χ1) is 9.64. The molecule has 2 amide bonds. The number of anilines is 1. The fourth-order valence-electron chi connectivity index (χ4n) is 1.49. The highest BCUT2D eigenvalue weighted by atomic mass is 16.4. The zero-order valence-corrected chi connectivity index (χ0v) is 12.2. The number of aliphatic carboxylic acids is 1. The highest BCUT2D eigenvalue weighted by molar-refractivity contribution is 5.95. The lowest BCUT2D eigenvalue weighted by Crippen LogP contribution is -2.50. The molecule has 0 aliphatic carbocycles. The van der Waals surface area contributed by atoms with Crippen molar-refractivity contribution in [2.45, 2.75) is 19.4 Å². The molecule has 7 heteroatoms. The number of nitrogens with two attached hydrogens (primary N) is 1. The number of likely N-dealkylation sites (N-methyl/N-ethyl adjacent to an activating group) is 1. The molecule has 1 aromatic rings. The van der Waals surface area contributed by atoms with Gasteiger partial charge in [0.2, 0.25) is 11.8 Å². The summed E-state index contributed by atoms with van der Waals surface area (Å²) in [5.41, 5.74) is 4.82. The average molecular weight is 293 g/mol. The second-order valence-electron chi connectivity index (χ2n) is 5.21. The van der Waals surface area contributed by atoms with Gasteiger partial charge in [-0.2, -0.15) is 0 Å². The quantitative estimate of drug-likeness (QED) is 0.707. The Hall–Kier alpha value is -2.41. The Bertz CT molecular complexity index is 552. The summed E-state index contributed by atoms with van der Waals surface area (Å²) in [6.45, 7) is 2.96. The van der Waals surface area contributed by atoms with E-state index in [-0.39, 0.29) is 12.5 Å². The predicted octanol–water partition coefficient (Wildman–Crippen LogP) is 0.519. The summed E-state index contributed by atoms with van der Waals surface area (Å²) in [7, 11) is 1.56. The second-order valence-corrected chi connectivity index (χ2v) is 5.21. The van der Waals surface area contributed by atoms with Crippen LogP contribution in [0.25, 0.3) is 0 Å². The van der Waals surface area contributed by atoms with Crippen LogP contribution in [0.4, 0.5) is 5.69 Å². The third-order valence-corrected chi connectivity index (χ3v) is 3.31. The molecular weight excluding hydrogens is 274 g/mol. The summed E-state index contributed by atoms with van der Waals surface area (Å²) in [6.07, 6.45) is 0. The van der Waals surface area contributed by atoms with Crippen LogP contribution in [-0.2, 0) is 9.59 Å². The number of amides is 2.